The number of rotatable bonds is 3. The first-order valence-corrected chi connectivity index (χ1v) is 8.42. The summed E-state index contributed by atoms with van der Waals surface area (Å²) in [5.41, 5.74) is 6.75. The Labute approximate surface area is 128 Å². The minimum Gasteiger partial charge on any atom is -0.571 e. The van der Waals surface area contributed by atoms with Crippen molar-refractivity contribution in [1.82, 2.24) is 0 Å². The van der Waals surface area contributed by atoms with Crippen LogP contribution >= 0.6 is 0 Å². The van der Waals surface area contributed by atoms with Crippen molar-refractivity contribution in [3.05, 3.63) is 5.21 Å². The SMILES string of the molecule is N=N[NH+]([O-])OC1CC2CC(C1)C1C3CC(C4COC(=O)C43)C21. The zero-order valence-electron chi connectivity index (χ0n) is 12.3. The molecule has 7 heteroatoms. The monoisotopic (exact) mass is 307 g/mol. The highest BCUT2D eigenvalue weighted by Crippen LogP contribution is 2.70. The Bertz CT molecular complexity index is 529. The number of hydrogen-bond acceptors (Lipinski definition) is 6. The second-order valence-electron chi connectivity index (χ2n) is 7.88. The zero-order valence-corrected chi connectivity index (χ0v) is 12.3. The third-order valence-corrected chi connectivity index (χ3v) is 7.32. The van der Waals surface area contributed by atoms with Crippen LogP contribution in [0.25, 0.3) is 0 Å². The van der Waals surface area contributed by atoms with E-state index < -0.39 is 5.34 Å². The lowest BCUT2D eigenvalue weighted by Gasteiger charge is -2.34. The van der Waals surface area contributed by atoms with E-state index in [0.717, 1.165) is 12.8 Å². The summed E-state index contributed by atoms with van der Waals surface area (Å²) >= 11 is 0. The number of nitrogens with zero attached hydrogens (tertiary/aromatic N) is 1. The van der Waals surface area contributed by atoms with Crippen LogP contribution in [0.5, 0.6) is 0 Å². The van der Waals surface area contributed by atoms with E-state index in [9.17, 15) is 10.0 Å². The third kappa shape index (κ3) is 1.59. The van der Waals surface area contributed by atoms with Crippen LogP contribution in [0.3, 0.4) is 0 Å². The summed E-state index contributed by atoms with van der Waals surface area (Å²) in [6, 6.07) is 0. The molecule has 0 spiro atoms. The molecule has 0 aromatic rings. The summed E-state index contributed by atoms with van der Waals surface area (Å²) < 4.78 is 5.33. The molecule has 0 aromatic heterocycles. The van der Waals surface area contributed by atoms with Crippen molar-refractivity contribution in [2.75, 3.05) is 6.61 Å². The first-order chi connectivity index (χ1) is 10.7. The summed E-state index contributed by atoms with van der Waals surface area (Å²) in [6.45, 7) is 0.626. The maximum Gasteiger partial charge on any atom is 0.309 e. The molecule has 1 saturated heterocycles. The number of carbonyl (C=O) groups excluding carboxylic acids is 1. The van der Waals surface area contributed by atoms with Crippen molar-refractivity contribution >= 4 is 5.97 Å². The van der Waals surface area contributed by atoms with Crippen molar-refractivity contribution in [3.63, 3.8) is 0 Å². The fourth-order valence-electron chi connectivity index (χ4n) is 7.06. The molecule has 10 unspecified atom stereocenters. The molecule has 0 amide bonds. The number of carbonyl (C=O) groups is 1. The van der Waals surface area contributed by atoms with Crippen LogP contribution < -0.4 is 5.34 Å². The molecule has 7 nitrogen and oxygen atoms in total. The maximum atomic E-state index is 12.1. The van der Waals surface area contributed by atoms with Gasteiger partial charge in [-0.15, -0.1) is 0 Å². The summed E-state index contributed by atoms with van der Waals surface area (Å²) in [5.74, 6) is 4.26. The molecule has 5 fully saturated rings. The van der Waals surface area contributed by atoms with Crippen LogP contribution in [0, 0.1) is 58.1 Å². The van der Waals surface area contributed by atoms with Crippen molar-refractivity contribution in [3.8, 4) is 0 Å². The molecule has 0 radical (unpaired) electrons. The van der Waals surface area contributed by atoms with Gasteiger partial charge >= 0.3 is 5.97 Å². The number of ether oxygens (including phenoxy) is 1. The molecule has 2 N–H and O–H groups in total. The number of esters is 1. The molecular weight excluding hydrogens is 286 g/mol. The quantitative estimate of drug-likeness (QED) is 0.347. The Balaban J connectivity index is 1.39. The molecular formula is C15H21N3O4. The molecule has 4 aliphatic carbocycles. The van der Waals surface area contributed by atoms with Gasteiger partial charge in [0.2, 0.25) is 0 Å². The van der Waals surface area contributed by atoms with Crippen LogP contribution in [0.1, 0.15) is 25.7 Å². The molecule has 5 aliphatic rings. The van der Waals surface area contributed by atoms with Gasteiger partial charge in [0.1, 0.15) is 6.10 Å². The molecule has 5 rings (SSSR count). The Morgan fingerprint density at radius 1 is 1.14 bits per heavy atom. The van der Waals surface area contributed by atoms with E-state index in [2.05, 4.69) is 5.22 Å². The molecule has 120 valence electrons. The predicted molar refractivity (Wildman–Crippen MR) is 71.7 cm³/mol. The maximum absolute atomic E-state index is 12.1. The van der Waals surface area contributed by atoms with Crippen LogP contribution in [-0.4, -0.2) is 18.7 Å². The lowest BCUT2D eigenvalue weighted by atomic mass is 9.67. The highest BCUT2D eigenvalue weighted by atomic mass is 16.9. The molecule has 22 heavy (non-hydrogen) atoms. The van der Waals surface area contributed by atoms with Gasteiger partial charge in [0.25, 0.3) is 0 Å². The Morgan fingerprint density at radius 3 is 2.59 bits per heavy atom. The molecule has 10 atom stereocenters. The smallest absolute Gasteiger partial charge is 0.309 e. The van der Waals surface area contributed by atoms with Gasteiger partial charge in [-0.1, -0.05) is 5.34 Å². The second-order valence-corrected chi connectivity index (χ2v) is 7.88. The van der Waals surface area contributed by atoms with Crippen molar-refractivity contribution < 1.29 is 19.7 Å². The fourth-order valence-corrected chi connectivity index (χ4v) is 7.06. The molecule has 1 aliphatic heterocycles. The van der Waals surface area contributed by atoms with Gasteiger partial charge in [0.15, 0.2) is 0 Å². The number of nitrogens with one attached hydrogen (secondary N) is 2. The minimum absolute atomic E-state index is 0.0355. The van der Waals surface area contributed by atoms with E-state index in [0.29, 0.717) is 48.0 Å². The Hall–Kier alpha value is -1.05. The van der Waals surface area contributed by atoms with Crippen LogP contribution in [-0.2, 0) is 14.4 Å². The number of fused-ring (bicyclic) bond motifs is 12. The van der Waals surface area contributed by atoms with Gasteiger partial charge in [-0.25, -0.2) is 0 Å². The van der Waals surface area contributed by atoms with Crippen LogP contribution in [0.4, 0.5) is 0 Å². The summed E-state index contributed by atoms with van der Waals surface area (Å²) in [7, 11) is 0. The average Bonchev–Trinajstić information content (AvgIpc) is 3.21. The molecule has 0 aromatic carbocycles. The van der Waals surface area contributed by atoms with Gasteiger partial charge in [-0.3, -0.25) is 4.79 Å². The standard InChI is InChI=1S/C15H21N3O4/c16-17-18(20)22-8-2-6-1-7(3-8)13-10-4-9(12(6)13)11-5-21-15(19)14(10)11/h6-14,16,18H,1-5H2. The van der Waals surface area contributed by atoms with Crippen molar-refractivity contribution in [1.29, 1.82) is 5.53 Å². The van der Waals surface area contributed by atoms with Gasteiger partial charge in [-0.05, 0) is 61.2 Å². The lowest BCUT2D eigenvalue weighted by Crippen LogP contribution is -3.01. The van der Waals surface area contributed by atoms with Gasteiger partial charge in [-0.2, -0.15) is 10.4 Å². The normalized spacial score (nSPS) is 55.7. The minimum atomic E-state index is -0.764. The highest BCUT2D eigenvalue weighted by Gasteiger charge is 2.68. The van der Waals surface area contributed by atoms with Crippen LogP contribution in [0.15, 0.2) is 5.22 Å². The molecule has 4 bridgehead atoms. The Kier molecular flexibility index (Phi) is 2.73. The predicted octanol–water partition coefficient (Wildman–Crippen LogP) is 0.716. The van der Waals surface area contributed by atoms with E-state index in [4.69, 9.17) is 15.1 Å². The topological polar surface area (TPSA) is 99.2 Å². The van der Waals surface area contributed by atoms with E-state index in [1.165, 1.54) is 12.8 Å². The average molecular weight is 307 g/mol. The number of cyclic esters (lactones) is 1. The number of hydrogen-bond donors (Lipinski definition) is 2. The lowest BCUT2D eigenvalue weighted by molar-refractivity contribution is -1.07. The first-order valence-electron chi connectivity index (χ1n) is 8.42. The van der Waals surface area contributed by atoms with Gasteiger partial charge in [0.05, 0.1) is 17.7 Å². The van der Waals surface area contributed by atoms with Gasteiger partial charge < -0.3 is 9.94 Å². The van der Waals surface area contributed by atoms with Gasteiger partial charge in [0, 0.05) is 5.92 Å². The highest BCUT2D eigenvalue weighted by molar-refractivity contribution is 5.76. The summed E-state index contributed by atoms with van der Waals surface area (Å²) in [5, 5.41) is 13.4. The zero-order chi connectivity index (χ0) is 15.0. The van der Waals surface area contributed by atoms with E-state index in [-0.39, 0.29) is 18.0 Å². The fraction of sp³-hybridized carbons (Fsp3) is 0.933. The summed E-state index contributed by atoms with van der Waals surface area (Å²) in [4.78, 5) is 17.4. The van der Waals surface area contributed by atoms with E-state index >= 15 is 0 Å². The molecule has 4 saturated carbocycles. The second kappa shape index (κ2) is 4.49. The van der Waals surface area contributed by atoms with E-state index in [1.54, 1.807) is 0 Å². The van der Waals surface area contributed by atoms with Crippen LogP contribution in [0.2, 0.25) is 0 Å². The Morgan fingerprint density at radius 2 is 1.86 bits per heavy atom. The van der Waals surface area contributed by atoms with E-state index in [1.807, 2.05) is 0 Å². The number of quaternary nitrogens is 1. The molecule has 1 heterocycles. The first kappa shape index (κ1) is 13.4. The van der Waals surface area contributed by atoms with Crippen molar-refractivity contribution in [2.24, 2.45) is 52.6 Å². The third-order valence-electron chi connectivity index (χ3n) is 7.32. The largest absolute Gasteiger partial charge is 0.571 e. The summed E-state index contributed by atoms with van der Waals surface area (Å²) in [6.07, 6.45) is 4.15. The van der Waals surface area contributed by atoms with Crippen molar-refractivity contribution in [2.45, 2.75) is 31.8 Å².